The fourth-order valence-electron chi connectivity index (χ4n) is 0. The maximum Gasteiger partial charge on any atom is 1.00 e. The Morgan fingerprint density at radius 3 is 1.29 bits per heavy atom. The molecule has 4 nitrogen and oxygen atoms in total. The van der Waals surface area contributed by atoms with E-state index in [9.17, 15) is 0 Å². The Bertz CT molecular complexity index is 62.2. The molecule has 0 amide bonds. The summed E-state index contributed by atoms with van der Waals surface area (Å²) in [7, 11) is -4.64. The van der Waals surface area contributed by atoms with Gasteiger partial charge in [-0.1, -0.05) is 0 Å². The summed E-state index contributed by atoms with van der Waals surface area (Å²) in [5.41, 5.74) is 0. The predicted molar refractivity (Wildman–Crippen MR) is 17.9 cm³/mol. The second kappa shape index (κ2) is 5.81. The first-order chi connectivity index (χ1) is 2.00. The first kappa shape index (κ1) is 15.9. The molecule has 42 valence electrons. The van der Waals surface area contributed by atoms with E-state index in [1.54, 1.807) is 0 Å². The molecule has 0 atom stereocenters. The Morgan fingerprint density at radius 2 is 1.29 bits per heavy atom. The average Bonchev–Trinajstić information content (AvgIpc) is 0.722. The van der Waals surface area contributed by atoms with Crippen molar-refractivity contribution in [3.8, 4) is 0 Å². The van der Waals surface area contributed by atoms with E-state index < -0.39 is 7.82 Å². The number of halogens is 1. The van der Waals surface area contributed by atoms with Crippen LogP contribution in [0.1, 0.15) is 1.43 Å². The molecule has 7 heteroatoms. The molecule has 3 N–H and O–H groups in total. The maximum atomic E-state index is 8.88. The van der Waals surface area contributed by atoms with E-state index in [0.717, 1.165) is 0 Å². The minimum absolute atomic E-state index is 0. The van der Waals surface area contributed by atoms with Gasteiger partial charge in [-0.2, -0.15) is 0 Å². The number of rotatable bonds is 0. The van der Waals surface area contributed by atoms with Crippen LogP contribution in [-0.2, 0) is 4.57 Å². The van der Waals surface area contributed by atoms with Gasteiger partial charge in [-0.25, -0.2) is 4.57 Å². The molecule has 0 saturated carbocycles. The van der Waals surface area contributed by atoms with E-state index in [-0.39, 0.29) is 57.5 Å². The largest absolute Gasteiger partial charge is 1.00 e. The van der Waals surface area contributed by atoms with Crippen LogP contribution in [0.3, 0.4) is 0 Å². The van der Waals surface area contributed by atoms with Crippen LogP contribution in [-0.4, -0.2) is 14.7 Å². The third kappa shape index (κ3) is 88.0. The summed E-state index contributed by atoms with van der Waals surface area (Å²) < 4.78 is 8.88. The van der Waals surface area contributed by atoms with E-state index >= 15 is 0 Å². The third-order valence-corrected chi connectivity index (χ3v) is 0. The molecule has 0 aliphatic rings. The van der Waals surface area contributed by atoms with E-state index in [4.69, 9.17) is 19.2 Å². The van der Waals surface area contributed by atoms with Gasteiger partial charge in [-0.15, -0.1) is 0 Å². The van der Waals surface area contributed by atoms with Crippen molar-refractivity contribution in [1.82, 2.24) is 0 Å². The van der Waals surface area contributed by atoms with Crippen LogP contribution in [0.25, 0.3) is 0 Å². The van der Waals surface area contributed by atoms with E-state index in [2.05, 4.69) is 0 Å². The Hall–Kier alpha value is 1.68. The van der Waals surface area contributed by atoms with Gasteiger partial charge < -0.3 is 16.1 Å². The van der Waals surface area contributed by atoms with E-state index in [0.29, 0.717) is 0 Å². The van der Waals surface area contributed by atoms with Gasteiger partial charge in [0.25, 0.3) is 0 Å². The molecule has 0 unspecified atom stereocenters. The zero-order valence-electron chi connectivity index (χ0n) is 4.61. The topological polar surface area (TPSA) is 77.8 Å². The normalized spacial score (nSPS) is 8.43. The van der Waals surface area contributed by atoms with Crippen molar-refractivity contribution in [2.75, 3.05) is 0 Å². The van der Waals surface area contributed by atoms with Crippen LogP contribution in [0.5, 0.6) is 0 Å². The molecule has 0 aromatic heterocycles. The van der Waals surface area contributed by atoms with Crippen molar-refractivity contribution in [2.24, 2.45) is 0 Å². The Labute approximate surface area is 83.4 Å². The minimum Gasteiger partial charge on any atom is -1.00 e. The molecule has 0 aliphatic heterocycles. The van der Waals surface area contributed by atoms with Gasteiger partial charge in [-0.3, -0.25) is 4.70 Å². The van der Waals surface area contributed by atoms with Gasteiger partial charge in [0.2, 0.25) is 0 Å². The van der Waals surface area contributed by atoms with Crippen molar-refractivity contribution >= 4 is 7.82 Å². The number of hydrogen-bond donors (Lipinski definition) is 3. The van der Waals surface area contributed by atoms with Gasteiger partial charge in [0.15, 0.2) is 0 Å². The zero-order valence-corrected chi connectivity index (χ0v) is 7.62. The molecule has 0 aliphatic carbocycles. The molecule has 0 aromatic carbocycles. The second-order valence-electron chi connectivity index (χ2n) is 0.513. The first-order valence-electron chi connectivity index (χ1n) is 0.783. The fourth-order valence-corrected chi connectivity index (χ4v) is 0. The second-order valence-corrected chi connectivity index (χ2v) is 1.54. The van der Waals surface area contributed by atoms with Gasteiger partial charge in [0.05, 0.1) is 0 Å². The van der Waals surface area contributed by atoms with Crippen LogP contribution in [0.2, 0.25) is 0 Å². The SMILES string of the molecule is F.O=P(O)(O)O.[H-].[K+]. The van der Waals surface area contributed by atoms with Crippen LogP contribution in [0.15, 0.2) is 0 Å². The maximum absolute atomic E-state index is 8.88. The van der Waals surface area contributed by atoms with Crippen LogP contribution in [0, 0.1) is 0 Å². The number of hydrogen-bond acceptors (Lipinski definition) is 1. The fraction of sp³-hybridized carbons (Fsp3) is 0. The molecule has 0 bridgehead atoms. The molecule has 0 spiro atoms. The van der Waals surface area contributed by atoms with Gasteiger partial charge in [0, 0.05) is 0 Å². The molecular weight excluding hydrogens is 153 g/mol. The first-order valence-corrected chi connectivity index (χ1v) is 2.35. The summed E-state index contributed by atoms with van der Waals surface area (Å²) >= 11 is 0. The van der Waals surface area contributed by atoms with Gasteiger partial charge in [-0.05, 0) is 0 Å². The third-order valence-electron chi connectivity index (χ3n) is 0. The van der Waals surface area contributed by atoms with Crippen LogP contribution >= 0.6 is 7.82 Å². The van der Waals surface area contributed by atoms with Gasteiger partial charge in [0.1, 0.15) is 0 Å². The van der Waals surface area contributed by atoms with Crippen molar-refractivity contribution in [3.05, 3.63) is 0 Å². The van der Waals surface area contributed by atoms with E-state index in [1.807, 2.05) is 0 Å². The smallest absolute Gasteiger partial charge is 1.00 e. The summed E-state index contributed by atoms with van der Waals surface area (Å²) in [5.74, 6) is 0. The average molecular weight is 158 g/mol. The Balaban J connectivity index is -0.0000000267. The number of phosphoric acid groups is 1. The molecule has 7 heavy (non-hydrogen) atoms. The molecule has 0 radical (unpaired) electrons. The van der Waals surface area contributed by atoms with Gasteiger partial charge >= 0.3 is 59.2 Å². The Morgan fingerprint density at radius 1 is 1.29 bits per heavy atom. The Kier molecular flexibility index (Phi) is 13.2. The molecule has 0 saturated heterocycles. The summed E-state index contributed by atoms with van der Waals surface area (Å²) in [6.07, 6.45) is 0. The summed E-state index contributed by atoms with van der Waals surface area (Å²) in [5, 5.41) is 0. The van der Waals surface area contributed by atoms with Crippen molar-refractivity contribution < 1.29 is 76.8 Å². The summed E-state index contributed by atoms with van der Waals surface area (Å²) in [6.45, 7) is 0. The van der Waals surface area contributed by atoms with Crippen molar-refractivity contribution in [2.45, 2.75) is 0 Å². The van der Waals surface area contributed by atoms with Crippen molar-refractivity contribution in [3.63, 3.8) is 0 Å². The van der Waals surface area contributed by atoms with E-state index in [1.165, 1.54) is 0 Å². The summed E-state index contributed by atoms with van der Waals surface area (Å²) in [6, 6.07) is 0. The summed E-state index contributed by atoms with van der Waals surface area (Å²) in [4.78, 5) is 21.6. The molecule has 0 fully saturated rings. The zero-order chi connectivity index (χ0) is 4.50. The monoisotopic (exact) mass is 158 g/mol. The molecule has 0 rings (SSSR count). The quantitative estimate of drug-likeness (QED) is 0.251. The molecule has 0 heterocycles. The minimum atomic E-state index is -4.64. The predicted octanol–water partition coefficient (Wildman–Crippen LogP) is -3.66. The molecule has 0 aromatic rings. The van der Waals surface area contributed by atoms with Crippen LogP contribution < -0.4 is 51.4 Å². The standard InChI is InChI=1S/FH.K.H3O4P.H/c;;1-5(2,3)4;/h1H;;(H3,1,2,3,4);/q;+1;;-1. The van der Waals surface area contributed by atoms with Crippen LogP contribution in [0.4, 0.5) is 4.70 Å². The van der Waals surface area contributed by atoms with Crippen molar-refractivity contribution in [1.29, 1.82) is 0 Å². The molecular formula is H5FKO4P.